The molecule has 0 fully saturated rings. The molecule has 0 aliphatic carbocycles. The van der Waals surface area contributed by atoms with Crippen molar-refractivity contribution in [1.82, 2.24) is 5.32 Å². The summed E-state index contributed by atoms with van der Waals surface area (Å²) in [5.41, 5.74) is 1.30. The minimum Gasteiger partial charge on any atom is -0.493 e. The lowest BCUT2D eigenvalue weighted by molar-refractivity contribution is 0.0950. The molecule has 152 valence electrons. The lowest BCUT2D eigenvalue weighted by Gasteiger charge is -2.15. The van der Waals surface area contributed by atoms with Crippen LogP contribution in [0.5, 0.6) is 28.7 Å². The quantitative estimate of drug-likeness (QED) is 0.671. The van der Waals surface area contributed by atoms with E-state index in [2.05, 4.69) is 5.32 Å². The van der Waals surface area contributed by atoms with E-state index in [9.17, 15) is 4.79 Å². The third-order valence-corrected chi connectivity index (χ3v) is 3.99. The molecule has 0 atom stereocenters. The number of carbonyl (C=O) groups excluding carboxylic acids is 1. The zero-order valence-electron chi connectivity index (χ0n) is 17.0. The average Bonchev–Trinajstić information content (AvgIpc) is 2.72. The van der Waals surface area contributed by atoms with E-state index in [0.29, 0.717) is 54.1 Å². The Hall–Kier alpha value is -3.09. The molecule has 0 aromatic heterocycles. The highest BCUT2D eigenvalue weighted by atomic mass is 16.5. The van der Waals surface area contributed by atoms with Crippen molar-refractivity contribution >= 4 is 5.91 Å². The monoisotopic (exact) mass is 389 g/mol. The fourth-order valence-corrected chi connectivity index (χ4v) is 2.70. The van der Waals surface area contributed by atoms with Gasteiger partial charge in [-0.2, -0.15) is 0 Å². The molecule has 2 rings (SSSR count). The molecule has 0 spiro atoms. The maximum Gasteiger partial charge on any atom is 0.251 e. The Bertz CT molecular complexity index is 780. The molecule has 0 saturated heterocycles. The summed E-state index contributed by atoms with van der Waals surface area (Å²) in [5.74, 6) is 2.37. The summed E-state index contributed by atoms with van der Waals surface area (Å²) in [5, 5.41) is 2.89. The normalized spacial score (nSPS) is 10.2. The molecule has 0 bridgehead atoms. The number of amides is 1. The standard InChI is InChI=1S/C21H27NO6/c1-6-27-16-9-8-14(10-17(16)28-7-2)13-22-21(23)15-11-18(24-3)20(26-5)19(12-15)25-4/h8-12H,6-7,13H2,1-5H3,(H,22,23). The van der Waals surface area contributed by atoms with Crippen molar-refractivity contribution < 1.29 is 28.5 Å². The van der Waals surface area contributed by atoms with Gasteiger partial charge < -0.3 is 29.0 Å². The van der Waals surface area contributed by atoms with E-state index in [1.807, 2.05) is 32.0 Å². The van der Waals surface area contributed by atoms with E-state index in [1.165, 1.54) is 21.3 Å². The Balaban J connectivity index is 2.16. The first-order valence-electron chi connectivity index (χ1n) is 9.04. The van der Waals surface area contributed by atoms with Gasteiger partial charge in [0.05, 0.1) is 34.5 Å². The molecule has 7 nitrogen and oxygen atoms in total. The van der Waals surface area contributed by atoms with Crippen LogP contribution in [0.1, 0.15) is 29.8 Å². The molecule has 28 heavy (non-hydrogen) atoms. The van der Waals surface area contributed by atoms with Gasteiger partial charge in [0.1, 0.15) is 0 Å². The number of hydrogen-bond acceptors (Lipinski definition) is 6. The number of nitrogens with one attached hydrogen (secondary N) is 1. The molecular formula is C21H27NO6. The maximum absolute atomic E-state index is 12.6. The van der Waals surface area contributed by atoms with Gasteiger partial charge in [0.15, 0.2) is 23.0 Å². The highest BCUT2D eigenvalue weighted by Crippen LogP contribution is 2.38. The first-order chi connectivity index (χ1) is 13.6. The number of carbonyl (C=O) groups is 1. The Labute approximate surface area is 165 Å². The lowest BCUT2D eigenvalue weighted by Crippen LogP contribution is -2.23. The van der Waals surface area contributed by atoms with E-state index >= 15 is 0 Å². The highest BCUT2D eigenvalue weighted by Gasteiger charge is 2.17. The minimum atomic E-state index is -0.258. The van der Waals surface area contributed by atoms with Gasteiger partial charge in [0, 0.05) is 12.1 Å². The number of ether oxygens (including phenoxy) is 5. The third kappa shape index (κ3) is 5.00. The van der Waals surface area contributed by atoms with Crippen molar-refractivity contribution in [1.29, 1.82) is 0 Å². The third-order valence-electron chi connectivity index (χ3n) is 3.99. The molecule has 0 aliphatic heterocycles. The fraction of sp³-hybridized carbons (Fsp3) is 0.381. The number of benzene rings is 2. The summed E-state index contributed by atoms with van der Waals surface area (Å²) in [4.78, 5) is 12.6. The van der Waals surface area contributed by atoms with E-state index < -0.39 is 0 Å². The van der Waals surface area contributed by atoms with Crippen LogP contribution in [-0.2, 0) is 6.54 Å². The van der Waals surface area contributed by atoms with Crippen LogP contribution in [-0.4, -0.2) is 40.5 Å². The molecule has 2 aromatic rings. The summed E-state index contributed by atoms with van der Waals surface area (Å²) in [7, 11) is 4.53. The van der Waals surface area contributed by atoms with Crippen molar-refractivity contribution in [3.05, 3.63) is 41.5 Å². The summed E-state index contributed by atoms with van der Waals surface area (Å²) in [6, 6.07) is 8.82. The predicted octanol–water partition coefficient (Wildman–Crippen LogP) is 3.44. The lowest BCUT2D eigenvalue weighted by atomic mass is 10.1. The summed E-state index contributed by atoms with van der Waals surface area (Å²) in [6.45, 7) is 5.25. The SMILES string of the molecule is CCOc1ccc(CNC(=O)c2cc(OC)c(OC)c(OC)c2)cc1OCC. The Morgan fingerprint density at radius 1 is 0.821 bits per heavy atom. The van der Waals surface area contributed by atoms with Crippen LogP contribution >= 0.6 is 0 Å². The number of methoxy groups -OCH3 is 3. The molecule has 0 radical (unpaired) electrons. The van der Waals surface area contributed by atoms with Gasteiger partial charge in [-0.3, -0.25) is 4.79 Å². The van der Waals surface area contributed by atoms with Crippen LogP contribution in [0.15, 0.2) is 30.3 Å². The van der Waals surface area contributed by atoms with E-state index in [-0.39, 0.29) is 5.91 Å². The van der Waals surface area contributed by atoms with Crippen LogP contribution in [0.3, 0.4) is 0 Å². The predicted molar refractivity (Wildman–Crippen MR) is 106 cm³/mol. The van der Waals surface area contributed by atoms with Gasteiger partial charge in [-0.05, 0) is 43.7 Å². The molecule has 7 heteroatoms. The first-order valence-corrected chi connectivity index (χ1v) is 9.04. The van der Waals surface area contributed by atoms with Crippen molar-refractivity contribution in [2.75, 3.05) is 34.5 Å². The van der Waals surface area contributed by atoms with Gasteiger partial charge in [-0.15, -0.1) is 0 Å². The van der Waals surface area contributed by atoms with Crippen molar-refractivity contribution in [3.8, 4) is 28.7 Å². The fourth-order valence-electron chi connectivity index (χ4n) is 2.70. The van der Waals surface area contributed by atoms with Gasteiger partial charge in [-0.25, -0.2) is 0 Å². The second kappa shape index (κ2) is 10.3. The van der Waals surface area contributed by atoms with Crippen LogP contribution in [0, 0.1) is 0 Å². The van der Waals surface area contributed by atoms with Gasteiger partial charge >= 0.3 is 0 Å². The second-order valence-electron chi connectivity index (χ2n) is 5.74. The van der Waals surface area contributed by atoms with Gasteiger partial charge in [0.2, 0.25) is 5.75 Å². The summed E-state index contributed by atoms with van der Waals surface area (Å²) >= 11 is 0. The molecular weight excluding hydrogens is 362 g/mol. The molecule has 0 saturated carbocycles. The van der Waals surface area contributed by atoms with Crippen LogP contribution in [0.2, 0.25) is 0 Å². The zero-order valence-corrected chi connectivity index (χ0v) is 17.0. The van der Waals surface area contributed by atoms with Gasteiger partial charge in [0.25, 0.3) is 5.91 Å². The number of rotatable bonds is 10. The first kappa shape index (κ1) is 21.2. The Kier molecular flexibility index (Phi) is 7.80. The molecule has 2 aromatic carbocycles. The zero-order chi connectivity index (χ0) is 20.5. The van der Waals surface area contributed by atoms with Crippen molar-refractivity contribution in [3.63, 3.8) is 0 Å². The van der Waals surface area contributed by atoms with Crippen molar-refractivity contribution in [2.45, 2.75) is 20.4 Å². The molecule has 0 aliphatic rings. The topological polar surface area (TPSA) is 75.3 Å². The van der Waals surface area contributed by atoms with Crippen LogP contribution in [0.4, 0.5) is 0 Å². The average molecular weight is 389 g/mol. The second-order valence-corrected chi connectivity index (χ2v) is 5.74. The van der Waals surface area contributed by atoms with Gasteiger partial charge in [-0.1, -0.05) is 6.07 Å². The molecule has 1 amide bonds. The Morgan fingerprint density at radius 2 is 1.43 bits per heavy atom. The van der Waals surface area contributed by atoms with E-state index in [4.69, 9.17) is 23.7 Å². The summed E-state index contributed by atoms with van der Waals surface area (Å²) < 4.78 is 27.1. The molecule has 1 N–H and O–H groups in total. The van der Waals surface area contributed by atoms with E-state index in [0.717, 1.165) is 5.56 Å². The van der Waals surface area contributed by atoms with Crippen LogP contribution in [0.25, 0.3) is 0 Å². The minimum absolute atomic E-state index is 0.258. The Morgan fingerprint density at radius 3 is 1.96 bits per heavy atom. The smallest absolute Gasteiger partial charge is 0.251 e. The summed E-state index contributed by atoms with van der Waals surface area (Å²) in [6.07, 6.45) is 0. The van der Waals surface area contributed by atoms with Crippen molar-refractivity contribution in [2.24, 2.45) is 0 Å². The molecule has 0 unspecified atom stereocenters. The van der Waals surface area contributed by atoms with E-state index in [1.54, 1.807) is 12.1 Å². The molecule has 0 heterocycles. The largest absolute Gasteiger partial charge is 0.493 e. The van der Waals surface area contributed by atoms with Crippen LogP contribution < -0.4 is 29.0 Å². The highest BCUT2D eigenvalue weighted by molar-refractivity contribution is 5.95. The maximum atomic E-state index is 12.6. The number of hydrogen-bond donors (Lipinski definition) is 1.